The van der Waals surface area contributed by atoms with Crippen molar-refractivity contribution >= 4 is 17.6 Å². The number of hydrogen-bond donors (Lipinski definition) is 2. The van der Waals surface area contributed by atoms with Gasteiger partial charge in [-0.15, -0.1) is 0 Å². The van der Waals surface area contributed by atoms with Crippen molar-refractivity contribution in [3.05, 3.63) is 29.3 Å². The number of carboxylic acids is 1. The van der Waals surface area contributed by atoms with E-state index in [-0.39, 0.29) is 17.4 Å². The third kappa shape index (κ3) is 2.09. The summed E-state index contributed by atoms with van der Waals surface area (Å²) in [6.45, 7) is 2.67. The molecule has 0 bridgehead atoms. The number of rotatable bonds is 3. The number of nitrogens with zero attached hydrogens (tertiary/aromatic N) is 1. The highest BCUT2D eigenvalue weighted by Crippen LogP contribution is 2.30. The molecule has 1 amide bonds. The molecule has 3 N–H and O–H groups in total. The summed E-state index contributed by atoms with van der Waals surface area (Å²) >= 11 is 0. The Morgan fingerprint density at radius 2 is 2.22 bits per heavy atom. The molecule has 0 aromatic heterocycles. The van der Waals surface area contributed by atoms with E-state index in [1.807, 2.05) is 0 Å². The lowest BCUT2D eigenvalue weighted by Gasteiger charge is -2.21. The fourth-order valence-electron chi connectivity index (χ4n) is 2.11. The largest absolute Gasteiger partial charge is 0.478 e. The van der Waals surface area contributed by atoms with E-state index in [4.69, 9.17) is 10.8 Å². The van der Waals surface area contributed by atoms with Gasteiger partial charge in [-0.05, 0) is 24.1 Å². The van der Waals surface area contributed by atoms with E-state index >= 15 is 0 Å². The third-order valence-electron chi connectivity index (χ3n) is 3.27. The zero-order chi connectivity index (χ0) is 13.3. The van der Waals surface area contributed by atoms with Crippen LogP contribution >= 0.6 is 0 Å². The topological polar surface area (TPSA) is 83.6 Å². The van der Waals surface area contributed by atoms with E-state index in [1.54, 1.807) is 30.0 Å². The maximum absolute atomic E-state index is 12.1. The fourth-order valence-corrected chi connectivity index (χ4v) is 2.11. The summed E-state index contributed by atoms with van der Waals surface area (Å²) in [5, 5.41) is 8.97. The molecule has 18 heavy (non-hydrogen) atoms. The van der Waals surface area contributed by atoms with Crippen LogP contribution in [-0.2, 0) is 11.2 Å². The molecule has 0 fully saturated rings. The van der Waals surface area contributed by atoms with E-state index in [2.05, 4.69) is 0 Å². The minimum atomic E-state index is -0.982. The maximum Gasteiger partial charge on any atom is 0.335 e. The number of carbonyl (C=O) groups is 2. The van der Waals surface area contributed by atoms with Crippen LogP contribution in [0.15, 0.2) is 18.2 Å². The Bertz CT molecular complexity index is 499. The molecule has 96 valence electrons. The lowest BCUT2D eigenvalue weighted by atomic mass is 10.1. The van der Waals surface area contributed by atoms with E-state index < -0.39 is 5.97 Å². The first-order chi connectivity index (χ1) is 8.54. The highest BCUT2D eigenvalue weighted by Gasteiger charge is 2.28. The van der Waals surface area contributed by atoms with Gasteiger partial charge < -0.3 is 15.7 Å². The zero-order valence-corrected chi connectivity index (χ0v) is 10.2. The first kappa shape index (κ1) is 12.6. The van der Waals surface area contributed by atoms with E-state index in [9.17, 15) is 9.59 Å². The summed E-state index contributed by atoms with van der Waals surface area (Å²) < 4.78 is 0. The van der Waals surface area contributed by atoms with E-state index in [0.29, 0.717) is 18.8 Å². The highest BCUT2D eigenvalue weighted by atomic mass is 16.4. The average Bonchev–Trinajstić information content (AvgIpc) is 2.79. The molecule has 5 nitrogen and oxygen atoms in total. The molecule has 0 saturated carbocycles. The van der Waals surface area contributed by atoms with Gasteiger partial charge in [0.2, 0.25) is 5.91 Å². The van der Waals surface area contributed by atoms with E-state index in [1.165, 1.54) is 0 Å². The Hall–Kier alpha value is -1.88. The van der Waals surface area contributed by atoms with Gasteiger partial charge in [0, 0.05) is 24.7 Å². The average molecular weight is 248 g/mol. The molecule has 0 spiro atoms. The normalized spacial score (nSPS) is 15.3. The summed E-state index contributed by atoms with van der Waals surface area (Å²) in [4.78, 5) is 24.7. The standard InChI is InChI=1S/C13H16N2O3/c1-8(7-14)12(16)15-5-4-9-2-3-10(13(17)18)6-11(9)15/h2-3,6,8H,4-5,7,14H2,1H3,(H,17,18). The van der Waals surface area contributed by atoms with Crippen molar-refractivity contribution in [3.8, 4) is 0 Å². The number of fused-ring (bicyclic) bond motifs is 1. The molecule has 5 heteroatoms. The number of aromatic carboxylic acids is 1. The van der Waals surface area contributed by atoms with Gasteiger partial charge in [-0.2, -0.15) is 0 Å². The summed E-state index contributed by atoms with van der Waals surface area (Å²) in [5.74, 6) is -1.27. The first-order valence-electron chi connectivity index (χ1n) is 5.92. The van der Waals surface area contributed by atoms with Gasteiger partial charge >= 0.3 is 5.97 Å². The summed E-state index contributed by atoms with van der Waals surface area (Å²) in [6, 6.07) is 4.91. The van der Waals surface area contributed by atoms with Gasteiger partial charge in [0.15, 0.2) is 0 Å². The maximum atomic E-state index is 12.1. The molecule has 1 heterocycles. The number of benzene rings is 1. The number of nitrogens with two attached hydrogens (primary N) is 1. The lowest BCUT2D eigenvalue weighted by molar-refractivity contribution is -0.121. The minimum Gasteiger partial charge on any atom is -0.478 e. The first-order valence-corrected chi connectivity index (χ1v) is 5.92. The van der Waals surface area contributed by atoms with Gasteiger partial charge in [0.1, 0.15) is 0 Å². The van der Waals surface area contributed by atoms with Crippen LogP contribution < -0.4 is 10.6 Å². The predicted molar refractivity (Wildman–Crippen MR) is 67.7 cm³/mol. The Morgan fingerprint density at radius 1 is 1.50 bits per heavy atom. The van der Waals surface area contributed by atoms with Crippen molar-refractivity contribution in [3.63, 3.8) is 0 Å². The molecule has 2 rings (SSSR count). The minimum absolute atomic E-state index is 0.0428. The van der Waals surface area contributed by atoms with Crippen LogP contribution in [0.1, 0.15) is 22.8 Å². The Labute approximate surface area is 105 Å². The molecule has 1 aromatic rings. The second kappa shape index (κ2) is 4.78. The quantitative estimate of drug-likeness (QED) is 0.831. The summed E-state index contributed by atoms with van der Waals surface area (Å²) in [7, 11) is 0. The van der Waals surface area contributed by atoms with Crippen molar-refractivity contribution in [2.24, 2.45) is 11.7 Å². The van der Waals surface area contributed by atoms with Crippen LogP contribution in [0, 0.1) is 5.92 Å². The van der Waals surface area contributed by atoms with Gasteiger partial charge in [0.05, 0.1) is 5.56 Å². The molecule has 1 aromatic carbocycles. The van der Waals surface area contributed by atoms with Crippen molar-refractivity contribution in [1.29, 1.82) is 0 Å². The van der Waals surface area contributed by atoms with Crippen LogP contribution in [0.5, 0.6) is 0 Å². The Morgan fingerprint density at radius 3 is 2.83 bits per heavy atom. The fraction of sp³-hybridized carbons (Fsp3) is 0.385. The monoisotopic (exact) mass is 248 g/mol. The smallest absolute Gasteiger partial charge is 0.335 e. The Kier molecular flexibility index (Phi) is 3.34. The number of hydrogen-bond acceptors (Lipinski definition) is 3. The third-order valence-corrected chi connectivity index (χ3v) is 3.27. The summed E-state index contributed by atoms with van der Waals surface area (Å²) in [5.41, 5.74) is 7.42. The van der Waals surface area contributed by atoms with Crippen molar-refractivity contribution in [2.75, 3.05) is 18.0 Å². The van der Waals surface area contributed by atoms with Crippen LogP contribution in [0.3, 0.4) is 0 Å². The van der Waals surface area contributed by atoms with Gasteiger partial charge in [-0.25, -0.2) is 4.79 Å². The number of carbonyl (C=O) groups excluding carboxylic acids is 1. The molecule has 1 aliphatic rings. The molecule has 1 unspecified atom stereocenters. The molecule has 0 radical (unpaired) electrons. The number of amides is 1. The van der Waals surface area contributed by atoms with Crippen LogP contribution in [0.25, 0.3) is 0 Å². The second-order valence-corrected chi connectivity index (χ2v) is 4.53. The zero-order valence-electron chi connectivity index (χ0n) is 10.2. The van der Waals surface area contributed by atoms with Crippen LogP contribution in [0.4, 0.5) is 5.69 Å². The van der Waals surface area contributed by atoms with Gasteiger partial charge in [-0.1, -0.05) is 13.0 Å². The van der Waals surface area contributed by atoms with Crippen LogP contribution in [0.2, 0.25) is 0 Å². The molecule has 1 atom stereocenters. The second-order valence-electron chi connectivity index (χ2n) is 4.53. The SMILES string of the molecule is CC(CN)C(=O)N1CCc2ccc(C(=O)O)cc21. The van der Waals surface area contributed by atoms with Crippen molar-refractivity contribution < 1.29 is 14.7 Å². The highest BCUT2D eigenvalue weighted by molar-refractivity contribution is 5.98. The van der Waals surface area contributed by atoms with Gasteiger partial charge in [0.25, 0.3) is 0 Å². The van der Waals surface area contributed by atoms with Crippen molar-refractivity contribution in [1.82, 2.24) is 0 Å². The lowest BCUT2D eigenvalue weighted by Crippen LogP contribution is -2.36. The predicted octanol–water partition coefficient (Wildman–Crippen LogP) is 0.869. The van der Waals surface area contributed by atoms with Crippen LogP contribution in [-0.4, -0.2) is 30.1 Å². The van der Waals surface area contributed by atoms with Gasteiger partial charge in [-0.3, -0.25) is 4.79 Å². The molecule has 0 aliphatic carbocycles. The molecular weight excluding hydrogens is 232 g/mol. The summed E-state index contributed by atoms with van der Waals surface area (Å²) in [6.07, 6.45) is 0.762. The molecule has 0 saturated heterocycles. The number of carboxylic acid groups (broad SMARTS) is 1. The molecule has 1 aliphatic heterocycles. The molecular formula is C13H16N2O3. The van der Waals surface area contributed by atoms with Crippen molar-refractivity contribution in [2.45, 2.75) is 13.3 Å². The Balaban J connectivity index is 2.34. The van der Waals surface area contributed by atoms with E-state index in [0.717, 1.165) is 12.0 Å². The number of anilines is 1.